The van der Waals surface area contributed by atoms with Crippen LogP contribution in [0.3, 0.4) is 0 Å². The van der Waals surface area contributed by atoms with Crippen LogP contribution in [0.1, 0.15) is 44.5 Å². The van der Waals surface area contributed by atoms with Gasteiger partial charge in [0.25, 0.3) is 0 Å². The van der Waals surface area contributed by atoms with Crippen molar-refractivity contribution >= 4 is 16.9 Å². The van der Waals surface area contributed by atoms with Crippen molar-refractivity contribution in [1.29, 1.82) is 0 Å². The number of aryl methyl sites for hydroxylation is 1. The summed E-state index contributed by atoms with van der Waals surface area (Å²) in [5, 5.41) is 16.8. The third-order valence-electron chi connectivity index (χ3n) is 3.81. The predicted molar refractivity (Wildman–Crippen MR) is 89.5 cm³/mol. The van der Waals surface area contributed by atoms with Gasteiger partial charge in [0.15, 0.2) is 17.3 Å². The summed E-state index contributed by atoms with van der Waals surface area (Å²) in [7, 11) is 3.48. The van der Waals surface area contributed by atoms with E-state index in [1.807, 2.05) is 18.5 Å². The Morgan fingerprint density at radius 3 is 2.75 bits per heavy atom. The van der Waals surface area contributed by atoms with Crippen molar-refractivity contribution < 1.29 is 4.74 Å². The van der Waals surface area contributed by atoms with Crippen LogP contribution in [-0.2, 0) is 18.4 Å². The van der Waals surface area contributed by atoms with Gasteiger partial charge in [-0.15, -0.1) is 10.2 Å². The Morgan fingerprint density at radius 2 is 2.04 bits per heavy atom. The maximum atomic E-state index is 5.17. The van der Waals surface area contributed by atoms with Gasteiger partial charge < -0.3 is 14.6 Å². The first-order valence-corrected chi connectivity index (χ1v) is 7.84. The molecule has 1 N–H and O–H groups in total. The molecular weight excluding hydrogens is 308 g/mol. The molecule has 1 atom stereocenters. The second-order valence-electron chi connectivity index (χ2n) is 5.98. The topological polar surface area (TPSA) is 95.6 Å². The number of hydrogen-bond donors (Lipinski definition) is 1. The smallest absolute Gasteiger partial charge is 0.163 e. The van der Waals surface area contributed by atoms with Crippen LogP contribution in [0.15, 0.2) is 12.5 Å². The van der Waals surface area contributed by atoms with Crippen LogP contribution in [-0.4, -0.2) is 41.6 Å². The van der Waals surface area contributed by atoms with Crippen molar-refractivity contribution in [3.63, 3.8) is 0 Å². The molecule has 0 aliphatic rings. The molecule has 0 aromatic carbocycles. The molecule has 9 heteroatoms. The summed E-state index contributed by atoms with van der Waals surface area (Å²) in [6.07, 6.45) is 3.50. The molecule has 0 fully saturated rings. The minimum Gasteiger partial charge on any atom is -0.377 e. The number of nitrogens with one attached hydrogen (secondary N) is 1. The second-order valence-corrected chi connectivity index (χ2v) is 5.98. The molecule has 0 radical (unpaired) electrons. The van der Waals surface area contributed by atoms with Crippen LogP contribution >= 0.6 is 0 Å². The summed E-state index contributed by atoms with van der Waals surface area (Å²) in [4.78, 5) is 9.06. The van der Waals surface area contributed by atoms with E-state index in [0.717, 1.165) is 16.9 Å². The van der Waals surface area contributed by atoms with Gasteiger partial charge in [-0.25, -0.2) is 9.97 Å². The van der Waals surface area contributed by atoms with Crippen LogP contribution in [0.5, 0.6) is 0 Å². The first-order chi connectivity index (χ1) is 11.5. The number of anilines is 1. The molecule has 0 aliphatic carbocycles. The zero-order valence-corrected chi connectivity index (χ0v) is 14.6. The van der Waals surface area contributed by atoms with Gasteiger partial charge in [0, 0.05) is 20.2 Å². The van der Waals surface area contributed by atoms with Gasteiger partial charge in [-0.2, -0.15) is 5.10 Å². The van der Waals surface area contributed by atoms with Crippen LogP contribution in [0, 0.1) is 0 Å². The molecule has 0 saturated heterocycles. The van der Waals surface area contributed by atoms with Crippen molar-refractivity contribution in [2.24, 2.45) is 7.05 Å². The Bertz CT molecular complexity index is 837. The highest BCUT2D eigenvalue weighted by molar-refractivity contribution is 5.86. The molecule has 0 saturated carbocycles. The lowest BCUT2D eigenvalue weighted by Gasteiger charge is -2.18. The summed E-state index contributed by atoms with van der Waals surface area (Å²) in [5.41, 5.74) is 0.761. The molecule has 3 rings (SSSR count). The van der Waals surface area contributed by atoms with E-state index in [1.54, 1.807) is 24.3 Å². The third kappa shape index (κ3) is 2.94. The quantitative estimate of drug-likeness (QED) is 0.737. The Morgan fingerprint density at radius 1 is 1.25 bits per heavy atom. The summed E-state index contributed by atoms with van der Waals surface area (Å²) >= 11 is 0. The van der Waals surface area contributed by atoms with Crippen LogP contribution in [0.4, 0.5) is 5.82 Å². The highest BCUT2D eigenvalue weighted by atomic mass is 16.5. The number of ether oxygens (including phenoxy) is 1. The minimum absolute atomic E-state index is 0.0661. The van der Waals surface area contributed by atoms with Gasteiger partial charge in [0.05, 0.1) is 17.6 Å². The average Bonchev–Trinajstić information content (AvgIpc) is 3.15. The zero-order valence-electron chi connectivity index (χ0n) is 14.6. The molecule has 0 amide bonds. The number of rotatable bonds is 6. The molecule has 0 aliphatic heterocycles. The van der Waals surface area contributed by atoms with E-state index in [9.17, 15) is 0 Å². The van der Waals surface area contributed by atoms with Crippen LogP contribution < -0.4 is 5.32 Å². The van der Waals surface area contributed by atoms with E-state index in [4.69, 9.17) is 4.74 Å². The van der Waals surface area contributed by atoms with Crippen molar-refractivity contribution in [2.75, 3.05) is 12.4 Å². The zero-order chi connectivity index (χ0) is 17.3. The van der Waals surface area contributed by atoms with Crippen molar-refractivity contribution in [1.82, 2.24) is 34.5 Å². The normalized spacial score (nSPS) is 12.9. The second kappa shape index (κ2) is 6.52. The SMILES string of the molecule is COCc1nc(NC(C)c2nncn2C(C)C)c2cnn(C)c2n1. The lowest BCUT2D eigenvalue weighted by molar-refractivity contribution is 0.178. The van der Waals surface area contributed by atoms with Crippen molar-refractivity contribution in [3.05, 3.63) is 24.2 Å². The number of hydrogen-bond acceptors (Lipinski definition) is 7. The maximum Gasteiger partial charge on any atom is 0.163 e. The van der Waals surface area contributed by atoms with Crippen molar-refractivity contribution in [2.45, 2.75) is 39.5 Å². The van der Waals surface area contributed by atoms with E-state index in [1.165, 1.54) is 0 Å². The number of methoxy groups -OCH3 is 1. The molecular formula is C15H22N8O. The summed E-state index contributed by atoms with van der Waals surface area (Å²) in [6.45, 7) is 6.57. The monoisotopic (exact) mass is 330 g/mol. The van der Waals surface area contributed by atoms with Gasteiger partial charge in [-0.3, -0.25) is 4.68 Å². The first kappa shape index (κ1) is 16.3. The van der Waals surface area contributed by atoms with Crippen LogP contribution in [0.25, 0.3) is 11.0 Å². The molecule has 3 aromatic heterocycles. The molecule has 128 valence electrons. The molecule has 3 heterocycles. The molecule has 1 unspecified atom stereocenters. The van der Waals surface area contributed by atoms with Gasteiger partial charge in [0.2, 0.25) is 0 Å². The highest BCUT2D eigenvalue weighted by Gasteiger charge is 2.18. The number of aromatic nitrogens is 7. The number of fused-ring (bicyclic) bond motifs is 1. The molecule has 24 heavy (non-hydrogen) atoms. The van der Waals surface area contributed by atoms with E-state index < -0.39 is 0 Å². The lowest BCUT2D eigenvalue weighted by Crippen LogP contribution is -2.16. The molecule has 3 aromatic rings. The van der Waals surface area contributed by atoms with Gasteiger partial charge in [-0.1, -0.05) is 0 Å². The van der Waals surface area contributed by atoms with Gasteiger partial charge in [0.1, 0.15) is 18.8 Å². The van der Waals surface area contributed by atoms with Crippen molar-refractivity contribution in [3.8, 4) is 0 Å². The fraction of sp³-hybridized carbons (Fsp3) is 0.533. The fourth-order valence-corrected chi connectivity index (χ4v) is 2.60. The maximum absolute atomic E-state index is 5.17. The Balaban J connectivity index is 1.98. The van der Waals surface area contributed by atoms with E-state index in [2.05, 4.69) is 44.4 Å². The molecule has 0 bridgehead atoms. The minimum atomic E-state index is -0.0661. The predicted octanol–water partition coefficient (Wildman–Crippen LogP) is 1.86. The standard InChI is InChI=1S/C15H22N8O/c1-9(2)23-8-16-21-14(23)10(3)18-13-11-6-17-22(4)15(11)20-12(19-13)7-24-5/h6,8-10H,7H2,1-5H3,(H,18,19,20). The Labute approximate surface area is 140 Å². The highest BCUT2D eigenvalue weighted by Crippen LogP contribution is 2.24. The summed E-state index contributed by atoms with van der Waals surface area (Å²) in [6, 6.07) is 0.218. The van der Waals surface area contributed by atoms with Crippen LogP contribution in [0.2, 0.25) is 0 Å². The largest absolute Gasteiger partial charge is 0.377 e. The summed E-state index contributed by atoms with van der Waals surface area (Å²) in [5.74, 6) is 2.17. The van der Waals surface area contributed by atoms with Gasteiger partial charge in [-0.05, 0) is 20.8 Å². The molecule has 0 spiro atoms. The fourth-order valence-electron chi connectivity index (χ4n) is 2.60. The lowest BCUT2D eigenvalue weighted by atomic mass is 10.2. The third-order valence-corrected chi connectivity index (χ3v) is 3.81. The summed E-state index contributed by atoms with van der Waals surface area (Å²) < 4.78 is 8.93. The van der Waals surface area contributed by atoms with Gasteiger partial charge >= 0.3 is 0 Å². The van der Waals surface area contributed by atoms with E-state index in [0.29, 0.717) is 18.2 Å². The van der Waals surface area contributed by atoms with E-state index in [-0.39, 0.29) is 12.1 Å². The first-order valence-electron chi connectivity index (χ1n) is 7.84. The van der Waals surface area contributed by atoms with E-state index >= 15 is 0 Å². The molecule has 9 nitrogen and oxygen atoms in total. The Kier molecular flexibility index (Phi) is 4.43. The average molecular weight is 330 g/mol. The Hall–Kier alpha value is -2.55. The number of nitrogens with zero attached hydrogens (tertiary/aromatic N) is 7.